The Morgan fingerprint density at radius 2 is 1.73 bits per heavy atom. The molecule has 1 atom stereocenters. The summed E-state index contributed by atoms with van der Waals surface area (Å²) in [4.78, 5) is 18.5. The van der Waals surface area contributed by atoms with Crippen LogP contribution in [0.5, 0.6) is 11.5 Å². The number of ether oxygens (including phenoxy) is 2. The normalized spacial score (nSPS) is 11.8. The highest BCUT2D eigenvalue weighted by molar-refractivity contribution is 5.91. The predicted molar refractivity (Wildman–Crippen MR) is 118 cm³/mol. The monoisotopic (exact) mass is 402 g/mol. The highest BCUT2D eigenvalue weighted by atomic mass is 16.5. The van der Waals surface area contributed by atoms with Gasteiger partial charge < -0.3 is 14.4 Å². The molecule has 0 fully saturated rings. The Morgan fingerprint density at radius 3 is 2.37 bits per heavy atom. The third-order valence-corrected chi connectivity index (χ3v) is 4.94. The largest absolute Gasteiger partial charge is 0.497 e. The molecule has 5 nitrogen and oxygen atoms in total. The molecule has 0 spiro atoms. The van der Waals surface area contributed by atoms with Crippen LogP contribution >= 0.6 is 0 Å². The third kappa shape index (κ3) is 5.70. The Hall–Kier alpha value is -3.60. The lowest BCUT2D eigenvalue weighted by Gasteiger charge is -2.24. The van der Waals surface area contributed by atoms with E-state index in [0.717, 1.165) is 28.3 Å². The summed E-state index contributed by atoms with van der Waals surface area (Å²) < 4.78 is 10.9. The fourth-order valence-electron chi connectivity index (χ4n) is 2.90. The summed E-state index contributed by atoms with van der Waals surface area (Å²) in [6.07, 6.45) is 5.14. The first-order valence-electron chi connectivity index (χ1n) is 9.78. The molecule has 0 saturated carbocycles. The van der Waals surface area contributed by atoms with E-state index in [-0.39, 0.29) is 11.9 Å². The van der Waals surface area contributed by atoms with Gasteiger partial charge in [-0.05, 0) is 60.5 Å². The van der Waals surface area contributed by atoms with Crippen molar-refractivity contribution in [1.82, 2.24) is 9.88 Å². The molecule has 0 radical (unpaired) electrons. The number of likely N-dealkylation sites (N-methyl/N-ethyl adjacent to an activating group) is 1. The second-order valence-corrected chi connectivity index (χ2v) is 6.91. The van der Waals surface area contributed by atoms with Crippen LogP contribution in [-0.4, -0.2) is 29.9 Å². The molecule has 0 bridgehead atoms. The molecule has 1 aromatic heterocycles. The van der Waals surface area contributed by atoms with Crippen LogP contribution in [0.1, 0.15) is 29.8 Å². The van der Waals surface area contributed by atoms with E-state index in [9.17, 15) is 4.79 Å². The number of methoxy groups -OCH3 is 1. The average molecular weight is 402 g/mol. The van der Waals surface area contributed by atoms with E-state index < -0.39 is 0 Å². The summed E-state index contributed by atoms with van der Waals surface area (Å²) in [6, 6.07) is 21.0. The summed E-state index contributed by atoms with van der Waals surface area (Å²) in [6.45, 7) is 2.42. The van der Waals surface area contributed by atoms with Crippen molar-refractivity contribution in [2.45, 2.75) is 19.6 Å². The SMILES string of the molecule is COc1ccc(C(C)N(C)C(=O)/C=C/c2ccc(OCc3ccccn3)cc2)cc1. The molecule has 2 aromatic carbocycles. The zero-order valence-corrected chi connectivity index (χ0v) is 17.5. The predicted octanol–water partition coefficient (Wildman–Crippen LogP) is 4.90. The van der Waals surface area contributed by atoms with Crippen molar-refractivity contribution in [3.8, 4) is 11.5 Å². The van der Waals surface area contributed by atoms with Gasteiger partial charge in [-0.15, -0.1) is 0 Å². The molecular formula is C25H26N2O3. The molecule has 0 aliphatic rings. The zero-order chi connectivity index (χ0) is 21.3. The van der Waals surface area contributed by atoms with Gasteiger partial charge >= 0.3 is 0 Å². The zero-order valence-electron chi connectivity index (χ0n) is 17.5. The molecule has 0 aliphatic carbocycles. The second-order valence-electron chi connectivity index (χ2n) is 6.91. The molecule has 1 unspecified atom stereocenters. The van der Waals surface area contributed by atoms with Gasteiger partial charge in [0.25, 0.3) is 0 Å². The van der Waals surface area contributed by atoms with Crippen molar-refractivity contribution in [1.29, 1.82) is 0 Å². The average Bonchev–Trinajstić information content (AvgIpc) is 2.81. The van der Waals surface area contributed by atoms with Crippen molar-refractivity contribution in [3.63, 3.8) is 0 Å². The van der Waals surface area contributed by atoms with Gasteiger partial charge in [0.15, 0.2) is 0 Å². The maximum Gasteiger partial charge on any atom is 0.246 e. The minimum atomic E-state index is -0.0613. The number of carbonyl (C=O) groups is 1. The number of hydrogen-bond donors (Lipinski definition) is 0. The topological polar surface area (TPSA) is 51.7 Å². The van der Waals surface area contributed by atoms with Gasteiger partial charge in [-0.25, -0.2) is 0 Å². The standard InChI is InChI=1S/C25H26N2O3/c1-19(21-10-14-23(29-3)15-11-21)27(2)25(28)16-9-20-7-12-24(13-8-20)30-18-22-6-4-5-17-26-22/h4-17,19H,18H2,1-3H3/b16-9+. The van der Waals surface area contributed by atoms with E-state index in [1.165, 1.54) is 0 Å². The first-order valence-corrected chi connectivity index (χ1v) is 9.78. The fourth-order valence-corrected chi connectivity index (χ4v) is 2.90. The summed E-state index contributed by atoms with van der Waals surface area (Å²) in [7, 11) is 3.44. The van der Waals surface area contributed by atoms with E-state index in [2.05, 4.69) is 4.98 Å². The number of rotatable bonds is 8. The smallest absolute Gasteiger partial charge is 0.246 e. The lowest BCUT2D eigenvalue weighted by molar-refractivity contribution is -0.126. The molecule has 1 amide bonds. The van der Waals surface area contributed by atoms with Gasteiger partial charge in [-0.1, -0.05) is 30.3 Å². The van der Waals surface area contributed by atoms with Crippen LogP contribution in [0.3, 0.4) is 0 Å². The molecule has 154 valence electrons. The van der Waals surface area contributed by atoms with Crippen LogP contribution in [0.25, 0.3) is 6.08 Å². The highest BCUT2D eigenvalue weighted by Crippen LogP contribution is 2.22. The summed E-state index contributed by atoms with van der Waals surface area (Å²) in [5.74, 6) is 1.50. The number of pyridine rings is 1. The number of amides is 1. The minimum absolute atomic E-state index is 0.0459. The fraction of sp³-hybridized carbons (Fsp3) is 0.200. The van der Waals surface area contributed by atoms with Crippen LogP contribution in [0.15, 0.2) is 79.0 Å². The van der Waals surface area contributed by atoms with Gasteiger partial charge in [-0.3, -0.25) is 9.78 Å². The van der Waals surface area contributed by atoms with Crippen molar-refractivity contribution in [2.75, 3.05) is 14.2 Å². The third-order valence-electron chi connectivity index (χ3n) is 4.94. The maximum atomic E-state index is 12.6. The number of hydrogen-bond acceptors (Lipinski definition) is 4. The van der Waals surface area contributed by atoms with Gasteiger partial charge in [0.2, 0.25) is 5.91 Å². The molecule has 3 rings (SSSR count). The van der Waals surface area contributed by atoms with Gasteiger partial charge in [0, 0.05) is 19.3 Å². The number of carbonyl (C=O) groups excluding carboxylic acids is 1. The van der Waals surface area contributed by atoms with Crippen LogP contribution in [-0.2, 0) is 11.4 Å². The van der Waals surface area contributed by atoms with E-state index in [4.69, 9.17) is 9.47 Å². The van der Waals surface area contributed by atoms with Gasteiger partial charge in [-0.2, -0.15) is 0 Å². The van der Waals surface area contributed by atoms with Crippen molar-refractivity contribution in [2.24, 2.45) is 0 Å². The Labute approximate surface area is 177 Å². The van der Waals surface area contributed by atoms with Gasteiger partial charge in [0.1, 0.15) is 18.1 Å². The maximum absolute atomic E-state index is 12.6. The lowest BCUT2D eigenvalue weighted by Crippen LogP contribution is -2.27. The van der Waals surface area contributed by atoms with Crippen molar-refractivity contribution in [3.05, 3.63) is 95.8 Å². The lowest BCUT2D eigenvalue weighted by atomic mass is 10.1. The van der Waals surface area contributed by atoms with Crippen LogP contribution in [0, 0.1) is 0 Å². The summed E-state index contributed by atoms with van der Waals surface area (Å²) in [5.41, 5.74) is 2.86. The Bertz CT molecular complexity index is 968. The van der Waals surface area contributed by atoms with E-state index in [1.807, 2.05) is 79.7 Å². The Morgan fingerprint density at radius 1 is 1.03 bits per heavy atom. The van der Waals surface area contributed by atoms with Gasteiger partial charge in [0.05, 0.1) is 18.8 Å². The van der Waals surface area contributed by atoms with E-state index in [1.54, 1.807) is 31.3 Å². The highest BCUT2D eigenvalue weighted by Gasteiger charge is 2.15. The Balaban J connectivity index is 1.55. The number of aromatic nitrogens is 1. The molecule has 5 heteroatoms. The van der Waals surface area contributed by atoms with Crippen LogP contribution < -0.4 is 9.47 Å². The van der Waals surface area contributed by atoms with Crippen LogP contribution in [0.2, 0.25) is 0 Å². The quantitative estimate of drug-likeness (QED) is 0.503. The minimum Gasteiger partial charge on any atom is -0.497 e. The van der Waals surface area contributed by atoms with Crippen molar-refractivity contribution < 1.29 is 14.3 Å². The molecule has 1 heterocycles. The molecule has 0 aliphatic heterocycles. The molecule has 0 saturated heterocycles. The first-order chi connectivity index (χ1) is 14.6. The van der Waals surface area contributed by atoms with Crippen LogP contribution in [0.4, 0.5) is 0 Å². The second kappa shape index (κ2) is 10.3. The number of nitrogens with zero attached hydrogens (tertiary/aromatic N) is 2. The van der Waals surface area contributed by atoms with E-state index in [0.29, 0.717) is 6.61 Å². The molecule has 3 aromatic rings. The molecule has 0 N–H and O–H groups in total. The van der Waals surface area contributed by atoms with Crippen molar-refractivity contribution >= 4 is 12.0 Å². The Kier molecular flexibility index (Phi) is 7.22. The van der Waals surface area contributed by atoms with E-state index >= 15 is 0 Å². The summed E-state index contributed by atoms with van der Waals surface area (Å²) in [5, 5.41) is 0. The summed E-state index contributed by atoms with van der Waals surface area (Å²) >= 11 is 0. The molecule has 30 heavy (non-hydrogen) atoms. The number of benzene rings is 2. The molecular weight excluding hydrogens is 376 g/mol. The first kappa shape index (κ1) is 21.1.